The minimum absolute atomic E-state index is 0.0662. The van der Waals surface area contributed by atoms with Crippen molar-refractivity contribution in [2.75, 3.05) is 18.8 Å². The fourth-order valence-corrected chi connectivity index (χ4v) is 6.99. The molecule has 0 bridgehead atoms. The highest BCUT2D eigenvalue weighted by molar-refractivity contribution is 7.92. The molecule has 6 nitrogen and oxygen atoms in total. The van der Waals surface area contributed by atoms with E-state index in [1.807, 2.05) is 23.8 Å². The van der Waals surface area contributed by atoms with Crippen molar-refractivity contribution in [2.24, 2.45) is 0 Å². The number of aryl methyl sites for hydroxylation is 1. The van der Waals surface area contributed by atoms with E-state index in [0.717, 1.165) is 24.8 Å². The van der Waals surface area contributed by atoms with Crippen molar-refractivity contribution < 1.29 is 17.6 Å². The fraction of sp³-hybridized carbons (Fsp3) is 0.579. The Balaban J connectivity index is 1.50. The van der Waals surface area contributed by atoms with Crippen molar-refractivity contribution in [3.8, 4) is 11.5 Å². The molecule has 27 heavy (non-hydrogen) atoms. The van der Waals surface area contributed by atoms with Gasteiger partial charge >= 0.3 is 0 Å². The summed E-state index contributed by atoms with van der Waals surface area (Å²) in [4.78, 5) is 19.1. The predicted octanol–water partition coefficient (Wildman–Crippen LogP) is 3.21. The smallest absolute Gasteiger partial charge is 0.228 e. The van der Waals surface area contributed by atoms with Crippen LogP contribution in [0.1, 0.15) is 43.6 Å². The zero-order valence-corrected chi connectivity index (χ0v) is 17.1. The van der Waals surface area contributed by atoms with Crippen LogP contribution in [0.3, 0.4) is 0 Å². The first-order chi connectivity index (χ1) is 12.9. The summed E-state index contributed by atoms with van der Waals surface area (Å²) < 4.78 is 30.4. The molecule has 2 fully saturated rings. The maximum atomic E-state index is 12.9. The molecule has 0 aromatic carbocycles. The van der Waals surface area contributed by atoms with Crippen LogP contribution in [0, 0.1) is 6.92 Å². The van der Waals surface area contributed by atoms with E-state index in [4.69, 9.17) is 4.42 Å². The second kappa shape index (κ2) is 7.05. The maximum absolute atomic E-state index is 12.9. The van der Waals surface area contributed by atoms with Gasteiger partial charge in [0, 0.05) is 24.0 Å². The van der Waals surface area contributed by atoms with Crippen molar-refractivity contribution in [3.63, 3.8) is 0 Å². The lowest BCUT2D eigenvalue weighted by molar-refractivity contribution is -0.131. The quantitative estimate of drug-likeness (QED) is 0.779. The summed E-state index contributed by atoms with van der Waals surface area (Å²) in [6.45, 7) is 2.41. The Kier molecular flexibility index (Phi) is 4.88. The molecule has 2 aliphatic rings. The number of hydrogen-bond donors (Lipinski definition) is 0. The number of amides is 1. The molecule has 1 spiro atoms. The molecule has 4 rings (SSSR count). The van der Waals surface area contributed by atoms with Gasteiger partial charge in [0.25, 0.3) is 0 Å². The van der Waals surface area contributed by atoms with Crippen molar-refractivity contribution in [1.29, 1.82) is 0 Å². The van der Waals surface area contributed by atoms with Crippen LogP contribution in [0.15, 0.2) is 21.2 Å². The van der Waals surface area contributed by atoms with Gasteiger partial charge in [0.2, 0.25) is 11.8 Å². The van der Waals surface area contributed by atoms with Crippen LogP contribution in [0.25, 0.3) is 11.5 Å². The summed E-state index contributed by atoms with van der Waals surface area (Å²) in [5.74, 6) is 1.17. The largest absolute Gasteiger partial charge is 0.441 e. The van der Waals surface area contributed by atoms with Crippen molar-refractivity contribution in [3.05, 3.63) is 28.3 Å². The molecule has 0 radical (unpaired) electrons. The highest BCUT2D eigenvalue weighted by Crippen LogP contribution is 2.39. The molecule has 146 valence electrons. The van der Waals surface area contributed by atoms with Crippen molar-refractivity contribution >= 4 is 27.1 Å². The molecule has 0 unspecified atom stereocenters. The minimum atomic E-state index is -3.15. The average molecular weight is 409 g/mol. The number of thiophene rings is 1. The van der Waals surface area contributed by atoms with Gasteiger partial charge in [-0.3, -0.25) is 4.79 Å². The van der Waals surface area contributed by atoms with Crippen LogP contribution in [-0.4, -0.2) is 47.8 Å². The van der Waals surface area contributed by atoms with Gasteiger partial charge in [-0.1, -0.05) is 19.3 Å². The molecule has 1 aliphatic heterocycles. The maximum Gasteiger partial charge on any atom is 0.228 e. The number of rotatable bonds is 3. The summed E-state index contributed by atoms with van der Waals surface area (Å²) in [5, 5.41) is 3.91. The molecular formula is C19H24N2O4S2. The summed E-state index contributed by atoms with van der Waals surface area (Å²) in [5.41, 5.74) is 1.54. The van der Waals surface area contributed by atoms with Crippen LogP contribution in [0.5, 0.6) is 0 Å². The molecule has 0 atom stereocenters. The summed E-state index contributed by atoms with van der Waals surface area (Å²) in [7, 11) is -3.15. The Hall–Kier alpha value is -1.67. The first-order valence-electron chi connectivity index (χ1n) is 9.39. The molecule has 3 heterocycles. The van der Waals surface area contributed by atoms with E-state index in [9.17, 15) is 13.2 Å². The Morgan fingerprint density at radius 1 is 1.33 bits per heavy atom. The first kappa shape index (κ1) is 18.7. The van der Waals surface area contributed by atoms with E-state index < -0.39 is 14.6 Å². The van der Waals surface area contributed by atoms with E-state index >= 15 is 0 Å². The van der Waals surface area contributed by atoms with Gasteiger partial charge in [-0.2, -0.15) is 11.3 Å². The number of oxazole rings is 1. The number of nitrogens with zero attached hydrogens (tertiary/aromatic N) is 2. The van der Waals surface area contributed by atoms with Gasteiger partial charge in [-0.05, 0) is 31.2 Å². The normalized spacial score (nSPS) is 21.4. The molecule has 1 aliphatic carbocycles. The average Bonchev–Trinajstić information content (AvgIpc) is 3.29. The Morgan fingerprint density at radius 3 is 2.81 bits per heavy atom. The predicted molar refractivity (Wildman–Crippen MR) is 104 cm³/mol. The second-order valence-electron chi connectivity index (χ2n) is 7.59. The first-order valence-corrected chi connectivity index (χ1v) is 12.0. The van der Waals surface area contributed by atoms with E-state index in [1.54, 1.807) is 16.2 Å². The van der Waals surface area contributed by atoms with E-state index in [2.05, 4.69) is 4.98 Å². The van der Waals surface area contributed by atoms with Gasteiger partial charge in [0.1, 0.15) is 5.76 Å². The van der Waals surface area contributed by atoms with Crippen molar-refractivity contribution in [2.45, 2.75) is 50.2 Å². The lowest BCUT2D eigenvalue weighted by Gasteiger charge is -2.44. The van der Waals surface area contributed by atoms with Gasteiger partial charge in [-0.25, -0.2) is 13.4 Å². The minimum Gasteiger partial charge on any atom is -0.441 e. The SMILES string of the molecule is Cc1oc(-c2ccsc2)nc1CC(=O)N1CCS(=O)(=O)C2(CCCCC2)C1. The van der Waals surface area contributed by atoms with Crippen LogP contribution in [0.2, 0.25) is 0 Å². The topological polar surface area (TPSA) is 80.5 Å². The number of carbonyl (C=O) groups is 1. The van der Waals surface area contributed by atoms with E-state index in [0.29, 0.717) is 36.7 Å². The number of hydrogen-bond acceptors (Lipinski definition) is 6. The van der Waals surface area contributed by atoms with E-state index in [1.165, 1.54) is 0 Å². The standard InChI is InChI=1S/C19H24N2O4S2/c1-14-16(20-18(25-14)15-5-9-26-12-15)11-17(22)21-8-10-27(23,24)19(13-21)6-3-2-4-7-19/h5,9,12H,2-4,6-8,10-11,13H2,1H3. The van der Waals surface area contributed by atoms with Crippen molar-refractivity contribution in [1.82, 2.24) is 9.88 Å². The molecular weight excluding hydrogens is 384 g/mol. The molecule has 1 amide bonds. The van der Waals surface area contributed by atoms with Crippen LogP contribution in [-0.2, 0) is 21.1 Å². The number of sulfone groups is 1. The van der Waals surface area contributed by atoms with Crippen LogP contribution < -0.4 is 0 Å². The molecule has 2 aromatic heterocycles. The molecule has 2 aromatic rings. The number of aromatic nitrogens is 1. The third-order valence-corrected chi connectivity index (χ3v) is 9.13. The molecule has 1 saturated heterocycles. The van der Waals surface area contributed by atoms with Crippen LogP contribution >= 0.6 is 11.3 Å². The summed E-state index contributed by atoms with van der Waals surface area (Å²) in [6, 6.07) is 1.93. The zero-order valence-electron chi connectivity index (χ0n) is 15.4. The lowest BCUT2D eigenvalue weighted by atomic mass is 9.87. The third-order valence-electron chi connectivity index (χ3n) is 5.87. The molecule has 0 N–H and O–H groups in total. The second-order valence-corrected chi connectivity index (χ2v) is 10.9. The van der Waals surface area contributed by atoms with E-state index in [-0.39, 0.29) is 24.6 Å². The van der Waals surface area contributed by atoms with Gasteiger partial charge < -0.3 is 9.32 Å². The Labute approximate surface area is 163 Å². The summed E-state index contributed by atoms with van der Waals surface area (Å²) in [6.07, 6.45) is 4.42. The Bertz CT molecular complexity index is 925. The zero-order chi connectivity index (χ0) is 19.1. The van der Waals surface area contributed by atoms with Gasteiger partial charge in [-0.15, -0.1) is 0 Å². The van der Waals surface area contributed by atoms with Gasteiger partial charge in [0.15, 0.2) is 9.84 Å². The molecule has 8 heteroatoms. The third kappa shape index (κ3) is 3.45. The lowest BCUT2D eigenvalue weighted by Crippen LogP contribution is -2.58. The van der Waals surface area contributed by atoms with Crippen LogP contribution in [0.4, 0.5) is 0 Å². The molecule has 1 saturated carbocycles. The van der Waals surface area contributed by atoms with Gasteiger partial charge in [0.05, 0.1) is 22.6 Å². The Morgan fingerprint density at radius 2 is 2.11 bits per heavy atom. The fourth-order valence-electron chi connectivity index (χ4n) is 4.21. The number of carbonyl (C=O) groups excluding carboxylic acids is 1. The highest BCUT2D eigenvalue weighted by Gasteiger charge is 2.49. The monoisotopic (exact) mass is 408 g/mol. The highest BCUT2D eigenvalue weighted by atomic mass is 32.2. The summed E-state index contributed by atoms with van der Waals surface area (Å²) >= 11 is 1.57.